The molecular weight excluding hydrogens is 250 g/mol. The van der Waals surface area contributed by atoms with E-state index >= 15 is 0 Å². The SMILES string of the molecule is Cc1ccc(C/C(N)=C/C(=O)c2cccnc2N)cc1. The number of aryl methyl sites for hydroxylation is 1. The molecule has 4 N–H and O–H groups in total. The number of nitrogens with two attached hydrogens (primary N) is 2. The van der Waals surface area contributed by atoms with Crippen LogP contribution in [0.25, 0.3) is 0 Å². The summed E-state index contributed by atoms with van der Waals surface area (Å²) in [5.41, 5.74) is 14.7. The second-order valence-electron chi connectivity index (χ2n) is 4.68. The van der Waals surface area contributed by atoms with E-state index in [4.69, 9.17) is 11.5 Å². The zero-order valence-electron chi connectivity index (χ0n) is 11.3. The molecule has 0 atom stereocenters. The van der Waals surface area contributed by atoms with E-state index in [0.717, 1.165) is 5.56 Å². The van der Waals surface area contributed by atoms with Gasteiger partial charge in [-0.1, -0.05) is 29.8 Å². The predicted octanol–water partition coefficient (Wildman–Crippen LogP) is 2.24. The lowest BCUT2D eigenvalue weighted by Crippen LogP contribution is -2.08. The molecule has 1 aromatic heterocycles. The molecule has 0 fully saturated rings. The summed E-state index contributed by atoms with van der Waals surface area (Å²) in [6, 6.07) is 11.3. The molecule has 2 rings (SSSR count). The van der Waals surface area contributed by atoms with Crippen molar-refractivity contribution in [1.29, 1.82) is 0 Å². The summed E-state index contributed by atoms with van der Waals surface area (Å²) in [5.74, 6) is -0.00269. The number of benzene rings is 1. The van der Waals surface area contributed by atoms with Gasteiger partial charge in [-0.15, -0.1) is 0 Å². The minimum atomic E-state index is -0.222. The third-order valence-corrected chi connectivity index (χ3v) is 2.95. The minimum Gasteiger partial charge on any atom is -0.402 e. The fourth-order valence-corrected chi connectivity index (χ4v) is 1.86. The number of nitrogens with zero attached hydrogens (tertiary/aromatic N) is 1. The Morgan fingerprint density at radius 1 is 1.25 bits per heavy atom. The Labute approximate surface area is 118 Å². The quantitative estimate of drug-likeness (QED) is 0.657. The summed E-state index contributed by atoms with van der Waals surface area (Å²) >= 11 is 0. The fraction of sp³-hybridized carbons (Fsp3) is 0.125. The van der Waals surface area contributed by atoms with Crippen LogP contribution in [0, 0.1) is 6.92 Å². The third kappa shape index (κ3) is 3.45. The van der Waals surface area contributed by atoms with Gasteiger partial charge in [-0.3, -0.25) is 4.79 Å². The van der Waals surface area contributed by atoms with Crippen molar-refractivity contribution in [3.05, 3.63) is 71.1 Å². The maximum absolute atomic E-state index is 12.0. The molecule has 20 heavy (non-hydrogen) atoms. The van der Waals surface area contributed by atoms with E-state index < -0.39 is 0 Å². The van der Waals surface area contributed by atoms with Crippen molar-refractivity contribution in [2.75, 3.05) is 5.73 Å². The molecule has 0 bridgehead atoms. The molecule has 0 saturated heterocycles. The molecule has 0 aliphatic rings. The number of carbonyl (C=O) groups excluding carboxylic acids is 1. The topological polar surface area (TPSA) is 82.0 Å². The van der Waals surface area contributed by atoms with Gasteiger partial charge in [-0.05, 0) is 24.6 Å². The number of hydrogen-bond acceptors (Lipinski definition) is 4. The van der Waals surface area contributed by atoms with Gasteiger partial charge in [-0.2, -0.15) is 0 Å². The number of carbonyl (C=O) groups is 1. The smallest absolute Gasteiger partial charge is 0.191 e. The van der Waals surface area contributed by atoms with Crippen LogP contribution in [-0.2, 0) is 6.42 Å². The lowest BCUT2D eigenvalue weighted by atomic mass is 10.1. The number of anilines is 1. The number of aromatic nitrogens is 1. The van der Waals surface area contributed by atoms with E-state index in [1.165, 1.54) is 11.6 Å². The Kier molecular flexibility index (Phi) is 4.15. The van der Waals surface area contributed by atoms with E-state index in [1.807, 2.05) is 31.2 Å². The van der Waals surface area contributed by atoms with Crippen molar-refractivity contribution < 1.29 is 4.79 Å². The molecule has 0 spiro atoms. The lowest BCUT2D eigenvalue weighted by molar-refractivity contribution is 0.104. The second-order valence-corrected chi connectivity index (χ2v) is 4.68. The first-order valence-corrected chi connectivity index (χ1v) is 6.32. The molecule has 0 amide bonds. The van der Waals surface area contributed by atoms with Crippen LogP contribution in [0.2, 0.25) is 0 Å². The Morgan fingerprint density at radius 2 is 1.95 bits per heavy atom. The van der Waals surface area contributed by atoms with Gasteiger partial charge in [0.2, 0.25) is 0 Å². The number of ketones is 1. The highest BCUT2D eigenvalue weighted by atomic mass is 16.1. The predicted molar refractivity (Wildman–Crippen MR) is 80.1 cm³/mol. The largest absolute Gasteiger partial charge is 0.402 e. The van der Waals surface area contributed by atoms with E-state index in [9.17, 15) is 4.79 Å². The molecule has 0 aliphatic carbocycles. The standard InChI is InChI=1S/C16H17N3O/c1-11-4-6-12(7-5-11)9-13(17)10-15(20)14-3-2-8-19-16(14)18/h2-8,10H,9,17H2,1H3,(H2,18,19)/b13-10-. The Bertz CT molecular complexity index is 645. The van der Waals surface area contributed by atoms with Gasteiger partial charge in [0.15, 0.2) is 5.78 Å². The van der Waals surface area contributed by atoms with Crippen LogP contribution in [-0.4, -0.2) is 10.8 Å². The van der Waals surface area contributed by atoms with Gasteiger partial charge in [0.1, 0.15) is 5.82 Å². The van der Waals surface area contributed by atoms with Crippen LogP contribution in [0.5, 0.6) is 0 Å². The van der Waals surface area contributed by atoms with Crippen LogP contribution in [0.3, 0.4) is 0 Å². The summed E-state index contributed by atoms with van der Waals surface area (Å²) in [4.78, 5) is 15.9. The van der Waals surface area contributed by atoms with Crippen LogP contribution in [0.1, 0.15) is 21.5 Å². The van der Waals surface area contributed by atoms with Gasteiger partial charge in [0.25, 0.3) is 0 Å². The minimum absolute atomic E-state index is 0.219. The monoisotopic (exact) mass is 267 g/mol. The average molecular weight is 267 g/mol. The summed E-state index contributed by atoms with van der Waals surface area (Å²) in [6.07, 6.45) is 3.49. The Morgan fingerprint density at radius 3 is 2.60 bits per heavy atom. The number of pyridine rings is 1. The maximum Gasteiger partial charge on any atom is 0.191 e. The van der Waals surface area contributed by atoms with Crippen LogP contribution in [0.15, 0.2) is 54.4 Å². The van der Waals surface area contributed by atoms with Crippen molar-refractivity contribution in [3.8, 4) is 0 Å². The average Bonchev–Trinajstić information content (AvgIpc) is 2.41. The third-order valence-electron chi connectivity index (χ3n) is 2.95. The van der Waals surface area contributed by atoms with Crippen molar-refractivity contribution in [2.45, 2.75) is 13.3 Å². The molecule has 102 valence electrons. The molecular formula is C16H17N3O. The molecule has 0 unspecified atom stereocenters. The van der Waals surface area contributed by atoms with Gasteiger partial charge in [0, 0.05) is 24.4 Å². The summed E-state index contributed by atoms with van der Waals surface area (Å²) in [6.45, 7) is 2.03. The van der Waals surface area contributed by atoms with Crippen molar-refractivity contribution in [1.82, 2.24) is 4.98 Å². The number of allylic oxidation sites excluding steroid dienone is 2. The van der Waals surface area contributed by atoms with E-state index in [0.29, 0.717) is 17.7 Å². The van der Waals surface area contributed by atoms with Crippen molar-refractivity contribution >= 4 is 11.6 Å². The van der Waals surface area contributed by atoms with Crippen LogP contribution in [0.4, 0.5) is 5.82 Å². The summed E-state index contributed by atoms with van der Waals surface area (Å²) in [5, 5.41) is 0. The number of rotatable bonds is 4. The van der Waals surface area contributed by atoms with Gasteiger partial charge in [0.05, 0.1) is 5.56 Å². The number of hydrogen-bond donors (Lipinski definition) is 2. The number of nitrogen functional groups attached to an aromatic ring is 1. The molecule has 0 radical (unpaired) electrons. The van der Waals surface area contributed by atoms with Gasteiger partial charge >= 0.3 is 0 Å². The van der Waals surface area contributed by atoms with Gasteiger partial charge in [-0.25, -0.2) is 4.98 Å². The van der Waals surface area contributed by atoms with E-state index in [-0.39, 0.29) is 11.6 Å². The van der Waals surface area contributed by atoms with Crippen molar-refractivity contribution in [2.24, 2.45) is 5.73 Å². The normalized spacial score (nSPS) is 11.3. The Balaban J connectivity index is 2.12. The highest BCUT2D eigenvalue weighted by Crippen LogP contribution is 2.11. The molecule has 1 aromatic carbocycles. The van der Waals surface area contributed by atoms with Crippen LogP contribution >= 0.6 is 0 Å². The second kappa shape index (κ2) is 6.02. The highest BCUT2D eigenvalue weighted by molar-refractivity contribution is 6.07. The molecule has 0 aliphatic heterocycles. The zero-order chi connectivity index (χ0) is 14.5. The summed E-state index contributed by atoms with van der Waals surface area (Å²) in [7, 11) is 0. The lowest BCUT2D eigenvalue weighted by Gasteiger charge is -2.04. The molecule has 2 aromatic rings. The zero-order valence-corrected chi connectivity index (χ0v) is 11.3. The Hall–Kier alpha value is -2.62. The van der Waals surface area contributed by atoms with Crippen molar-refractivity contribution in [3.63, 3.8) is 0 Å². The molecule has 4 nitrogen and oxygen atoms in total. The summed E-state index contributed by atoms with van der Waals surface area (Å²) < 4.78 is 0. The van der Waals surface area contributed by atoms with Crippen LogP contribution < -0.4 is 11.5 Å². The highest BCUT2D eigenvalue weighted by Gasteiger charge is 2.08. The molecule has 1 heterocycles. The van der Waals surface area contributed by atoms with E-state index in [1.54, 1.807) is 18.3 Å². The van der Waals surface area contributed by atoms with E-state index in [2.05, 4.69) is 4.98 Å². The van der Waals surface area contributed by atoms with Gasteiger partial charge < -0.3 is 11.5 Å². The first-order valence-electron chi connectivity index (χ1n) is 6.32. The molecule has 4 heteroatoms. The maximum atomic E-state index is 12.0. The molecule has 0 saturated carbocycles. The first kappa shape index (κ1) is 13.8. The fourth-order valence-electron chi connectivity index (χ4n) is 1.86. The first-order chi connectivity index (χ1) is 9.56.